The van der Waals surface area contributed by atoms with Crippen LogP contribution in [0.25, 0.3) is 0 Å². The van der Waals surface area contributed by atoms with Crippen LogP contribution in [0.1, 0.15) is 0 Å². The van der Waals surface area contributed by atoms with Gasteiger partial charge in [-0.05, 0) is 0 Å². The van der Waals surface area contributed by atoms with Crippen LogP contribution in [0, 0.1) is 0 Å². The van der Waals surface area contributed by atoms with Gasteiger partial charge < -0.3 is 9.84 Å². The molecule has 0 atom stereocenters. The number of ether oxygens (including phenoxy) is 1. The van der Waals surface area contributed by atoms with Crippen molar-refractivity contribution in [2.75, 3.05) is 13.2 Å². The Morgan fingerprint density at radius 3 is 2.33 bits per heavy atom. The lowest BCUT2D eigenvalue weighted by atomic mass is 10.4. The summed E-state index contributed by atoms with van der Waals surface area (Å²) < 4.78 is 4.50. The van der Waals surface area contributed by atoms with Gasteiger partial charge in [-0.25, -0.2) is 0 Å². The van der Waals surface area contributed by atoms with Gasteiger partial charge in [-0.1, -0.05) is 0 Å². The van der Waals surface area contributed by atoms with Gasteiger partial charge in [-0.2, -0.15) is 0 Å². The molecular weight excluding hydrogens is 124 g/mol. The van der Waals surface area contributed by atoms with E-state index in [-0.39, 0.29) is 13.2 Å². The maximum Gasteiger partial charge on any atom is 0.168 e. The van der Waals surface area contributed by atoms with Gasteiger partial charge in [-0.3, -0.25) is 9.59 Å². The van der Waals surface area contributed by atoms with Gasteiger partial charge in [0.05, 0.1) is 13.2 Å². The van der Waals surface area contributed by atoms with Gasteiger partial charge in [0.25, 0.3) is 0 Å². The van der Waals surface area contributed by atoms with Crippen LogP contribution in [0.4, 0.5) is 0 Å². The van der Waals surface area contributed by atoms with E-state index in [1.165, 1.54) is 0 Å². The second kappa shape index (κ2) is 5.40. The summed E-state index contributed by atoms with van der Waals surface area (Å²) >= 11 is 0. The Kier molecular flexibility index (Phi) is 4.95. The zero-order valence-corrected chi connectivity index (χ0v) is 4.82. The van der Waals surface area contributed by atoms with Crippen LogP contribution in [-0.2, 0) is 14.3 Å². The Morgan fingerprint density at radius 2 is 2.00 bits per heavy atom. The first kappa shape index (κ1) is 8.26. The Balaban J connectivity index is 3.30. The maximum absolute atomic E-state index is 9.80. The first-order valence-corrected chi connectivity index (χ1v) is 2.48. The Labute approximate surface area is 52.4 Å². The lowest BCUT2D eigenvalue weighted by Gasteiger charge is -2.00. The Hall–Kier alpha value is -0.740. The molecule has 0 heterocycles. The summed E-state index contributed by atoms with van der Waals surface area (Å²) in [6.07, 6.45) is -0.261. The largest absolute Gasteiger partial charge is 0.394 e. The van der Waals surface area contributed by atoms with Crippen molar-refractivity contribution < 1.29 is 19.4 Å². The molecule has 4 nitrogen and oxygen atoms in total. The number of carbonyl (C=O) groups is 2. The van der Waals surface area contributed by atoms with Gasteiger partial charge >= 0.3 is 0 Å². The average molecular weight is 132 g/mol. The average Bonchev–Trinajstić information content (AvgIpc) is 1.91. The van der Waals surface area contributed by atoms with Crippen LogP contribution in [-0.4, -0.2) is 37.0 Å². The standard InChI is InChI=1S/C5H8O4/c6-1-2-9-5(3-7)4-8/h3-6H,1-2H2. The molecule has 0 aliphatic rings. The van der Waals surface area contributed by atoms with E-state index in [4.69, 9.17) is 5.11 Å². The second-order valence-electron chi connectivity index (χ2n) is 1.33. The minimum absolute atomic E-state index is 0.0160. The summed E-state index contributed by atoms with van der Waals surface area (Å²) in [7, 11) is 0. The number of aliphatic hydroxyl groups excluding tert-OH is 1. The molecule has 0 aliphatic heterocycles. The quantitative estimate of drug-likeness (QED) is 0.375. The highest BCUT2D eigenvalue weighted by Gasteiger charge is 2.02. The minimum Gasteiger partial charge on any atom is -0.394 e. The molecule has 0 aromatic heterocycles. The fourth-order valence-corrected chi connectivity index (χ4v) is 0.299. The fraction of sp³-hybridized carbons (Fsp3) is 0.600. The van der Waals surface area contributed by atoms with E-state index < -0.39 is 6.10 Å². The SMILES string of the molecule is O=CC(C=O)OCCO. The monoisotopic (exact) mass is 132 g/mol. The number of carbonyl (C=O) groups excluding carboxylic acids is 2. The van der Waals surface area contributed by atoms with E-state index in [0.29, 0.717) is 12.6 Å². The molecule has 9 heavy (non-hydrogen) atoms. The molecule has 0 spiro atoms. The van der Waals surface area contributed by atoms with Crippen molar-refractivity contribution in [3.63, 3.8) is 0 Å². The number of aliphatic hydroxyl groups is 1. The lowest BCUT2D eigenvalue weighted by molar-refractivity contribution is -0.128. The number of hydrogen-bond acceptors (Lipinski definition) is 4. The predicted molar refractivity (Wildman–Crippen MR) is 29.0 cm³/mol. The molecule has 0 rings (SSSR count). The predicted octanol–water partition coefficient (Wildman–Crippen LogP) is -1.24. The molecule has 0 saturated carbocycles. The summed E-state index contributed by atoms with van der Waals surface area (Å²) in [5.74, 6) is 0. The Bertz CT molecular complexity index is 83.0. The Morgan fingerprint density at radius 1 is 1.44 bits per heavy atom. The van der Waals surface area contributed by atoms with E-state index in [9.17, 15) is 9.59 Å². The van der Waals surface area contributed by atoms with Crippen molar-refractivity contribution >= 4 is 12.6 Å². The van der Waals surface area contributed by atoms with E-state index in [2.05, 4.69) is 4.74 Å². The number of rotatable bonds is 5. The molecule has 0 aromatic rings. The van der Waals surface area contributed by atoms with Crippen LogP contribution in [0.3, 0.4) is 0 Å². The van der Waals surface area contributed by atoms with Crippen LogP contribution >= 0.6 is 0 Å². The normalized spacial score (nSPS) is 9.56. The van der Waals surface area contributed by atoms with Crippen molar-refractivity contribution in [2.24, 2.45) is 0 Å². The first-order valence-electron chi connectivity index (χ1n) is 2.48. The van der Waals surface area contributed by atoms with E-state index in [1.54, 1.807) is 0 Å². The van der Waals surface area contributed by atoms with Crippen molar-refractivity contribution in [3.8, 4) is 0 Å². The third-order valence-corrected chi connectivity index (χ3v) is 0.670. The van der Waals surface area contributed by atoms with Gasteiger partial charge in [0.2, 0.25) is 0 Å². The minimum atomic E-state index is -1.02. The van der Waals surface area contributed by atoms with Crippen molar-refractivity contribution in [2.45, 2.75) is 6.10 Å². The van der Waals surface area contributed by atoms with E-state index in [1.807, 2.05) is 0 Å². The molecule has 52 valence electrons. The summed E-state index contributed by atoms with van der Waals surface area (Å²) in [5, 5.41) is 8.15. The molecule has 0 unspecified atom stereocenters. The molecular formula is C5H8O4. The zero-order valence-electron chi connectivity index (χ0n) is 4.82. The molecule has 4 heteroatoms. The van der Waals surface area contributed by atoms with Gasteiger partial charge in [0.1, 0.15) is 0 Å². The smallest absolute Gasteiger partial charge is 0.168 e. The number of hydrogen-bond donors (Lipinski definition) is 1. The molecule has 0 saturated heterocycles. The molecule has 0 fully saturated rings. The summed E-state index contributed by atoms with van der Waals surface area (Å²) in [6.45, 7) is -0.166. The highest BCUT2D eigenvalue weighted by Crippen LogP contribution is 1.80. The van der Waals surface area contributed by atoms with Crippen LogP contribution in [0.5, 0.6) is 0 Å². The highest BCUT2D eigenvalue weighted by atomic mass is 16.5. The second-order valence-corrected chi connectivity index (χ2v) is 1.33. The molecule has 0 amide bonds. The number of aldehydes is 2. The van der Waals surface area contributed by atoms with Crippen molar-refractivity contribution in [1.82, 2.24) is 0 Å². The summed E-state index contributed by atoms with van der Waals surface area (Å²) in [5.41, 5.74) is 0. The summed E-state index contributed by atoms with van der Waals surface area (Å²) in [6, 6.07) is 0. The van der Waals surface area contributed by atoms with Crippen molar-refractivity contribution in [1.29, 1.82) is 0 Å². The molecule has 1 N–H and O–H groups in total. The fourth-order valence-electron chi connectivity index (χ4n) is 0.299. The van der Waals surface area contributed by atoms with Crippen LogP contribution in [0.15, 0.2) is 0 Å². The van der Waals surface area contributed by atoms with Crippen molar-refractivity contribution in [3.05, 3.63) is 0 Å². The molecule has 0 aliphatic carbocycles. The first-order chi connectivity index (χ1) is 4.35. The van der Waals surface area contributed by atoms with E-state index in [0.717, 1.165) is 0 Å². The zero-order chi connectivity index (χ0) is 7.11. The maximum atomic E-state index is 9.80. The van der Waals surface area contributed by atoms with Gasteiger partial charge in [0, 0.05) is 0 Å². The van der Waals surface area contributed by atoms with Gasteiger partial charge in [0.15, 0.2) is 18.7 Å². The third kappa shape index (κ3) is 3.81. The molecule has 0 bridgehead atoms. The molecule has 0 radical (unpaired) electrons. The third-order valence-electron chi connectivity index (χ3n) is 0.670. The summed E-state index contributed by atoms with van der Waals surface area (Å²) in [4.78, 5) is 19.6. The highest BCUT2D eigenvalue weighted by molar-refractivity contribution is 5.80. The molecule has 0 aromatic carbocycles. The van der Waals surface area contributed by atoms with E-state index >= 15 is 0 Å². The van der Waals surface area contributed by atoms with Crippen LogP contribution < -0.4 is 0 Å². The van der Waals surface area contributed by atoms with Crippen LogP contribution in [0.2, 0.25) is 0 Å². The topological polar surface area (TPSA) is 63.6 Å². The van der Waals surface area contributed by atoms with Gasteiger partial charge in [-0.15, -0.1) is 0 Å². The lowest BCUT2D eigenvalue weighted by Crippen LogP contribution is -2.17.